The Kier molecular flexibility index (Phi) is 3.89. The second-order valence-corrected chi connectivity index (χ2v) is 7.38. The monoisotopic (exact) mass is 353 g/mol. The van der Waals surface area contributed by atoms with Crippen molar-refractivity contribution < 1.29 is 28.9 Å². The van der Waals surface area contributed by atoms with Crippen LogP contribution in [0.5, 0.6) is 0 Å². The van der Waals surface area contributed by atoms with E-state index in [-0.39, 0.29) is 24.7 Å². The Morgan fingerprint density at radius 3 is 2.60 bits per heavy atom. The van der Waals surface area contributed by atoms with Gasteiger partial charge in [-0.25, -0.2) is 4.98 Å². The van der Waals surface area contributed by atoms with Gasteiger partial charge in [-0.2, -0.15) is 0 Å². The number of nitrogens with zero attached hydrogens (tertiary/aromatic N) is 2. The Bertz CT molecular complexity index is 685. The molecule has 0 aliphatic carbocycles. The Morgan fingerprint density at radius 2 is 1.96 bits per heavy atom. The maximum Gasteiger partial charge on any atom is 0.230 e. The summed E-state index contributed by atoms with van der Waals surface area (Å²) in [5.74, 6) is -0.847. The largest absolute Gasteiger partial charge is 0.363 e. The Balaban J connectivity index is 1.56. The van der Waals surface area contributed by atoms with Gasteiger partial charge < -0.3 is 33.9 Å². The lowest BCUT2D eigenvalue weighted by molar-refractivity contribution is -0.174. The molecule has 0 amide bonds. The molecule has 4 heterocycles. The van der Waals surface area contributed by atoms with Gasteiger partial charge in [-0.3, -0.25) is 0 Å². The third-order valence-electron chi connectivity index (χ3n) is 4.35. The van der Waals surface area contributed by atoms with Crippen LogP contribution in [0, 0.1) is 0 Å². The molecule has 9 heteroatoms. The fraction of sp³-hybridized carbons (Fsp3) is 0.750. The molecule has 9 nitrogen and oxygen atoms in total. The van der Waals surface area contributed by atoms with Crippen molar-refractivity contribution in [1.82, 2.24) is 9.97 Å². The molecule has 4 atom stereocenters. The summed E-state index contributed by atoms with van der Waals surface area (Å²) in [5, 5.41) is 13.3. The van der Waals surface area contributed by atoms with E-state index in [0.717, 1.165) is 5.69 Å². The first-order valence-corrected chi connectivity index (χ1v) is 8.36. The number of rotatable bonds is 3. The molecular weight excluding hydrogens is 330 g/mol. The van der Waals surface area contributed by atoms with Gasteiger partial charge in [0.1, 0.15) is 24.0 Å². The summed E-state index contributed by atoms with van der Waals surface area (Å²) in [6.45, 7) is 7.91. The molecule has 25 heavy (non-hydrogen) atoms. The minimum Gasteiger partial charge on any atom is -0.363 e. The molecule has 0 bridgehead atoms. The van der Waals surface area contributed by atoms with E-state index in [1.807, 2.05) is 27.7 Å². The van der Waals surface area contributed by atoms with Crippen LogP contribution in [0.3, 0.4) is 0 Å². The highest BCUT2D eigenvalue weighted by Crippen LogP contribution is 2.42. The van der Waals surface area contributed by atoms with E-state index in [1.165, 1.54) is 0 Å². The molecular formula is C16H23N3O6. The predicted molar refractivity (Wildman–Crippen MR) is 84.5 cm³/mol. The van der Waals surface area contributed by atoms with Crippen LogP contribution in [0.25, 0.3) is 0 Å². The molecule has 2 saturated heterocycles. The lowest BCUT2D eigenvalue weighted by Gasteiger charge is -2.23. The summed E-state index contributed by atoms with van der Waals surface area (Å²) in [7, 11) is 0. The van der Waals surface area contributed by atoms with Crippen molar-refractivity contribution >= 4 is 5.71 Å². The molecule has 4 unspecified atom stereocenters. The molecule has 0 spiro atoms. The second-order valence-electron chi connectivity index (χ2n) is 7.38. The fourth-order valence-corrected chi connectivity index (χ4v) is 3.31. The fourth-order valence-electron chi connectivity index (χ4n) is 3.31. The average Bonchev–Trinajstić information content (AvgIpc) is 3.24. The van der Waals surface area contributed by atoms with E-state index in [0.29, 0.717) is 18.1 Å². The number of nitrogens with one attached hydrogen (secondary N) is 1. The van der Waals surface area contributed by atoms with Crippen LogP contribution in [0.4, 0.5) is 0 Å². The van der Waals surface area contributed by atoms with Crippen LogP contribution in [0.2, 0.25) is 0 Å². The lowest BCUT2D eigenvalue weighted by Crippen LogP contribution is -2.35. The number of aliphatic hydroxyl groups is 1. The Hall–Kier alpha value is -1.52. The van der Waals surface area contributed by atoms with Crippen molar-refractivity contribution in [1.29, 1.82) is 0 Å². The van der Waals surface area contributed by atoms with Gasteiger partial charge in [-0.05, 0) is 27.7 Å². The zero-order chi connectivity index (χ0) is 17.8. The van der Waals surface area contributed by atoms with Crippen molar-refractivity contribution in [3.8, 4) is 0 Å². The summed E-state index contributed by atoms with van der Waals surface area (Å²) in [6.07, 6.45) is 0.0861. The third kappa shape index (κ3) is 3.30. The summed E-state index contributed by atoms with van der Waals surface area (Å²) in [4.78, 5) is 12.3. The van der Waals surface area contributed by atoms with Crippen LogP contribution in [-0.4, -0.2) is 57.5 Å². The van der Waals surface area contributed by atoms with Crippen molar-refractivity contribution in [2.24, 2.45) is 5.16 Å². The predicted octanol–water partition coefficient (Wildman–Crippen LogP) is 1.20. The standard InChI is InChI=1S/C16H23N3O6/c1-15(2)21-7-10(22-15)13-12(23-16(3,4)24-13)9-6-17-14(18-9)8-5-11(20)25-19-8/h6,10-13,20H,5,7H2,1-4H3,(H,17,18). The first kappa shape index (κ1) is 16.9. The van der Waals surface area contributed by atoms with Gasteiger partial charge in [0.2, 0.25) is 6.29 Å². The molecule has 4 rings (SSSR count). The van der Waals surface area contributed by atoms with Crippen molar-refractivity contribution in [2.75, 3.05) is 6.61 Å². The minimum atomic E-state index is -0.924. The van der Waals surface area contributed by atoms with Crippen LogP contribution >= 0.6 is 0 Å². The van der Waals surface area contributed by atoms with Crippen LogP contribution in [0.1, 0.15) is 51.7 Å². The summed E-state index contributed by atoms with van der Waals surface area (Å²) < 4.78 is 23.8. The van der Waals surface area contributed by atoms with Gasteiger partial charge in [0.15, 0.2) is 17.4 Å². The zero-order valence-corrected chi connectivity index (χ0v) is 14.7. The maximum atomic E-state index is 9.43. The van der Waals surface area contributed by atoms with Crippen LogP contribution < -0.4 is 0 Å². The first-order chi connectivity index (χ1) is 11.7. The molecule has 2 fully saturated rings. The van der Waals surface area contributed by atoms with Crippen LogP contribution in [0.15, 0.2) is 11.4 Å². The summed E-state index contributed by atoms with van der Waals surface area (Å²) in [5.41, 5.74) is 1.32. The van der Waals surface area contributed by atoms with E-state index < -0.39 is 17.9 Å². The van der Waals surface area contributed by atoms with Gasteiger partial charge in [0, 0.05) is 0 Å². The topological polar surface area (TPSA) is 107 Å². The maximum absolute atomic E-state index is 9.43. The van der Waals surface area contributed by atoms with E-state index >= 15 is 0 Å². The molecule has 2 N–H and O–H groups in total. The molecule has 0 aromatic carbocycles. The highest BCUT2D eigenvalue weighted by molar-refractivity contribution is 5.98. The Labute approximate surface area is 145 Å². The van der Waals surface area contributed by atoms with Gasteiger partial charge in [0.05, 0.1) is 24.9 Å². The number of hydrogen-bond acceptors (Lipinski definition) is 8. The van der Waals surface area contributed by atoms with E-state index in [4.69, 9.17) is 23.8 Å². The second kappa shape index (κ2) is 5.75. The van der Waals surface area contributed by atoms with E-state index in [9.17, 15) is 5.11 Å². The number of imidazole rings is 1. The number of ether oxygens (including phenoxy) is 4. The number of oxime groups is 1. The van der Waals surface area contributed by atoms with Gasteiger partial charge in [-0.15, -0.1) is 0 Å². The smallest absolute Gasteiger partial charge is 0.230 e. The molecule has 138 valence electrons. The highest BCUT2D eigenvalue weighted by atomic mass is 16.8. The summed E-state index contributed by atoms with van der Waals surface area (Å²) in [6, 6.07) is 0. The molecule has 0 radical (unpaired) electrons. The lowest BCUT2D eigenvalue weighted by atomic mass is 10.1. The molecule has 3 aliphatic heterocycles. The highest BCUT2D eigenvalue weighted by Gasteiger charge is 2.50. The van der Waals surface area contributed by atoms with Crippen LogP contribution in [-0.2, 0) is 23.8 Å². The SMILES string of the molecule is CC1(C)OCC(C2OC(C)(C)OC2c2cnc(C3=NOC(O)C3)[nH]2)O1. The number of aliphatic hydroxyl groups excluding tert-OH is 1. The molecule has 3 aliphatic rings. The third-order valence-corrected chi connectivity index (χ3v) is 4.35. The van der Waals surface area contributed by atoms with Crippen molar-refractivity contribution in [3.05, 3.63) is 17.7 Å². The number of H-pyrrole nitrogens is 1. The minimum absolute atomic E-state index is 0.248. The van der Waals surface area contributed by atoms with E-state index in [1.54, 1.807) is 6.20 Å². The van der Waals surface area contributed by atoms with Gasteiger partial charge in [-0.1, -0.05) is 5.16 Å². The zero-order valence-electron chi connectivity index (χ0n) is 14.7. The Morgan fingerprint density at radius 1 is 1.16 bits per heavy atom. The molecule has 1 aromatic rings. The number of hydrogen-bond donors (Lipinski definition) is 2. The van der Waals surface area contributed by atoms with Crippen molar-refractivity contribution in [2.45, 2.75) is 70.3 Å². The first-order valence-electron chi connectivity index (χ1n) is 8.36. The number of aromatic nitrogens is 2. The van der Waals surface area contributed by atoms with Crippen molar-refractivity contribution in [3.63, 3.8) is 0 Å². The van der Waals surface area contributed by atoms with Gasteiger partial charge >= 0.3 is 0 Å². The average molecular weight is 353 g/mol. The van der Waals surface area contributed by atoms with E-state index in [2.05, 4.69) is 15.1 Å². The quantitative estimate of drug-likeness (QED) is 0.840. The number of aromatic amines is 1. The van der Waals surface area contributed by atoms with Gasteiger partial charge in [0.25, 0.3) is 0 Å². The normalized spacial score (nSPS) is 36.4. The molecule has 0 saturated carbocycles. The summed E-state index contributed by atoms with van der Waals surface area (Å²) >= 11 is 0. The molecule has 1 aromatic heterocycles.